The standard InChI is InChI=1S/C20H31N3O3S.ClH/c1-15-6-4-5-12-23(15)27(25,26)17-9-7-16(8-10-17)19(24)22-13-11-18(21)20(2,3)14-22;/h7-10,15,18H,4-6,11-14,21H2,1-3H3;1H. The number of hydrogen-bond acceptors (Lipinski definition) is 4. The number of hydrogen-bond donors (Lipinski definition) is 1. The Hall–Kier alpha value is -1.15. The van der Waals surface area contributed by atoms with Crippen LogP contribution >= 0.6 is 12.4 Å². The first-order valence-electron chi connectivity index (χ1n) is 9.80. The van der Waals surface area contributed by atoms with Crippen LogP contribution in [0.3, 0.4) is 0 Å². The summed E-state index contributed by atoms with van der Waals surface area (Å²) in [5, 5.41) is 0. The molecule has 1 amide bonds. The van der Waals surface area contributed by atoms with Crippen molar-refractivity contribution in [3.05, 3.63) is 29.8 Å². The molecule has 2 unspecified atom stereocenters. The van der Waals surface area contributed by atoms with Crippen molar-refractivity contribution in [2.24, 2.45) is 11.1 Å². The van der Waals surface area contributed by atoms with Crippen molar-refractivity contribution in [3.63, 3.8) is 0 Å². The Kier molecular flexibility index (Phi) is 7.18. The van der Waals surface area contributed by atoms with Crippen molar-refractivity contribution in [3.8, 4) is 0 Å². The molecule has 0 bridgehead atoms. The SMILES string of the molecule is CC1CCCCN1S(=O)(=O)c1ccc(C(=O)N2CCC(N)C(C)(C)C2)cc1.Cl. The fraction of sp³-hybridized carbons (Fsp3) is 0.650. The summed E-state index contributed by atoms with van der Waals surface area (Å²) in [4.78, 5) is 14.9. The molecule has 2 atom stereocenters. The molecule has 8 heteroatoms. The first-order chi connectivity index (χ1) is 12.6. The molecule has 28 heavy (non-hydrogen) atoms. The minimum Gasteiger partial charge on any atom is -0.338 e. The highest BCUT2D eigenvalue weighted by Gasteiger charge is 2.36. The largest absolute Gasteiger partial charge is 0.338 e. The first-order valence-corrected chi connectivity index (χ1v) is 11.2. The fourth-order valence-electron chi connectivity index (χ4n) is 4.06. The van der Waals surface area contributed by atoms with Crippen LogP contribution in [0.1, 0.15) is 56.8 Å². The fourth-order valence-corrected chi connectivity index (χ4v) is 5.76. The van der Waals surface area contributed by atoms with Gasteiger partial charge >= 0.3 is 0 Å². The number of sulfonamides is 1. The zero-order valence-electron chi connectivity index (χ0n) is 16.9. The summed E-state index contributed by atoms with van der Waals surface area (Å²) in [6.45, 7) is 7.91. The predicted molar refractivity (Wildman–Crippen MR) is 113 cm³/mol. The Morgan fingerprint density at radius 1 is 1.11 bits per heavy atom. The molecule has 3 rings (SSSR count). The van der Waals surface area contributed by atoms with Gasteiger partial charge in [-0.2, -0.15) is 4.31 Å². The van der Waals surface area contributed by atoms with Gasteiger partial charge in [0.05, 0.1) is 4.90 Å². The van der Waals surface area contributed by atoms with Crippen molar-refractivity contribution in [2.45, 2.75) is 63.4 Å². The van der Waals surface area contributed by atoms with Gasteiger partial charge in [-0.1, -0.05) is 20.3 Å². The van der Waals surface area contributed by atoms with Crippen LogP contribution in [0, 0.1) is 5.41 Å². The lowest BCUT2D eigenvalue weighted by Crippen LogP contribution is -2.54. The van der Waals surface area contributed by atoms with Crippen LogP contribution in [-0.4, -0.2) is 55.2 Å². The van der Waals surface area contributed by atoms with Gasteiger partial charge in [0.15, 0.2) is 0 Å². The third-order valence-corrected chi connectivity index (χ3v) is 8.08. The first kappa shape index (κ1) is 23.1. The van der Waals surface area contributed by atoms with Crippen LogP contribution in [0.15, 0.2) is 29.2 Å². The van der Waals surface area contributed by atoms with E-state index in [1.165, 1.54) is 0 Å². The Bertz CT molecular complexity index is 795. The number of piperidine rings is 2. The van der Waals surface area contributed by atoms with E-state index in [9.17, 15) is 13.2 Å². The summed E-state index contributed by atoms with van der Waals surface area (Å²) >= 11 is 0. The van der Waals surface area contributed by atoms with Crippen LogP contribution in [-0.2, 0) is 10.0 Å². The summed E-state index contributed by atoms with van der Waals surface area (Å²) in [6.07, 6.45) is 3.63. The van der Waals surface area contributed by atoms with Crippen molar-refractivity contribution in [2.75, 3.05) is 19.6 Å². The van der Waals surface area contributed by atoms with E-state index >= 15 is 0 Å². The average Bonchev–Trinajstić information content (AvgIpc) is 2.63. The van der Waals surface area contributed by atoms with Gasteiger partial charge in [-0.25, -0.2) is 8.42 Å². The number of rotatable bonds is 3. The predicted octanol–water partition coefficient (Wildman–Crippen LogP) is 2.87. The molecule has 2 heterocycles. The highest BCUT2D eigenvalue weighted by Crippen LogP contribution is 2.29. The second-order valence-electron chi connectivity index (χ2n) is 8.60. The third kappa shape index (κ3) is 4.53. The van der Waals surface area contributed by atoms with Crippen LogP contribution < -0.4 is 5.73 Å². The molecule has 2 N–H and O–H groups in total. The highest BCUT2D eigenvalue weighted by molar-refractivity contribution is 7.89. The third-order valence-electron chi connectivity index (χ3n) is 6.05. The Labute approximate surface area is 174 Å². The van der Waals surface area contributed by atoms with Crippen LogP contribution in [0.4, 0.5) is 0 Å². The molecule has 2 saturated heterocycles. The van der Waals surface area contributed by atoms with E-state index in [2.05, 4.69) is 13.8 Å². The minimum absolute atomic E-state index is 0. The van der Waals surface area contributed by atoms with Gasteiger partial charge < -0.3 is 10.6 Å². The lowest BCUT2D eigenvalue weighted by atomic mass is 9.79. The molecule has 1 aromatic carbocycles. The van der Waals surface area contributed by atoms with Gasteiger partial charge in [0, 0.05) is 37.3 Å². The number of carbonyl (C=O) groups is 1. The molecular weight excluding hydrogens is 398 g/mol. The van der Waals surface area contributed by atoms with Gasteiger partial charge in [-0.15, -0.1) is 12.4 Å². The number of benzene rings is 1. The highest BCUT2D eigenvalue weighted by atomic mass is 35.5. The summed E-state index contributed by atoms with van der Waals surface area (Å²) in [5.74, 6) is -0.0646. The molecule has 2 aliphatic heterocycles. The second kappa shape index (κ2) is 8.69. The molecule has 1 aromatic rings. The maximum absolute atomic E-state index is 12.9. The van der Waals surface area contributed by atoms with Crippen molar-refractivity contribution in [1.29, 1.82) is 0 Å². The zero-order valence-corrected chi connectivity index (χ0v) is 18.6. The smallest absolute Gasteiger partial charge is 0.253 e. The summed E-state index contributed by atoms with van der Waals surface area (Å²) in [6, 6.07) is 6.48. The van der Waals surface area contributed by atoms with Gasteiger partial charge in [0.1, 0.15) is 0 Å². The van der Waals surface area contributed by atoms with Crippen molar-refractivity contribution in [1.82, 2.24) is 9.21 Å². The lowest BCUT2D eigenvalue weighted by Gasteiger charge is -2.42. The van der Waals surface area contributed by atoms with E-state index in [-0.39, 0.29) is 40.7 Å². The number of nitrogens with two attached hydrogens (primary N) is 1. The molecule has 0 aromatic heterocycles. The molecule has 0 aliphatic carbocycles. The van der Waals surface area contributed by atoms with Gasteiger partial charge in [0.2, 0.25) is 10.0 Å². The Balaban J connectivity index is 0.00000280. The quantitative estimate of drug-likeness (QED) is 0.800. The normalized spacial score (nSPS) is 25.8. The molecule has 2 fully saturated rings. The number of nitrogens with zero attached hydrogens (tertiary/aromatic N) is 2. The summed E-state index contributed by atoms with van der Waals surface area (Å²) < 4.78 is 27.4. The Morgan fingerprint density at radius 2 is 1.75 bits per heavy atom. The van der Waals surface area contributed by atoms with Crippen molar-refractivity contribution < 1.29 is 13.2 Å². The van der Waals surface area contributed by atoms with Crippen LogP contribution in [0.5, 0.6) is 0 Å². The number of halogens is 1. The molecule has 0 radical (unpaired) electrons. The van der Waals surface area contributed by atoms with Gasteiger partial charge in [0.25, 0.3) is 5.91 Å². The van der Waals surface area contributed by atoms with E-state index in [1.807, 2.05) is 11.8 Å². The van der Waals surface area contributed by atoms with Crippen molar-refractivity contribution >= 4 is 28.3 Å². The minimum atomic E-state index is -3.51. The average molecular weight is 430 g/mol. The monoisotopic (exact) mass is 429 g/mol. The van der Waals surface area contributed by atoms with E-state index < -0.39 is 10.0 Å². The zero-order chi connectivity index (χ0) is 19.8. The molecule has 0 spiro atoms. The van der Waals surface area contributed by atoms with Gasteiger partial charge in [-0.3, -0.25) is 4.79 Å². The molecule has 0 saturated carbocycles. The van der Waals surface area contributed by atoms with E-state index in [0.29, 0.717) is 25.2 Å². The maximum atomic E-state index is 12.9. The topological polar surface area (TPSA) is 83.7 Å². The summed E-state index contributed by atoms with van der Waals surface area (Å²) in [7, 11) is -3.51. The number of carbonyl (C=O) groups excluding carboxylic acids is 1. The van der Waals surface area contributed by atoms with E-state index in [0.717, 1.165) is 25.7 Å². The second-order valence-corrected chi connectivity index (χ2v) is 10.5. The molecular formula is C20H32ClN3O3S. The van der Waals surface area contributed by atoms with E-state index in [4.69, 9.17) is 5.73 Å². The molecule has 158 valence electrons. The van der Waals surface area contributed by atoms with Crippen LogP contribution in [0.25, 0.3) is 0 Å². The molecule has 2 aliphatic rings. The molecule has 6 nitrogen and oxygen atoms in total. The Morgan fingerprint density at radius 3 is 2.32 bits per heavy atom. The summed E-state index contributed by atoms with van der Waals surface area (Å²) in [5.41, 5.74) is 6.55. The number of amides is 1. The number of likely N-dealkylation sites (tertiary alicyclic amines) is 1. The van der Waals surface area contributed by atoms with E-state index in [1.54, 1.807) is 28.6 Å². The maximum Gasteiger partial charge on any atom is 0.253 e. The van der Waals surface area contributed by atoms with Crippen LogP contribution in [0.2, 0.25) is 0 Å². The lowest BCUT2D eigenvalue weighted by molar-refractivity contribution is 0.0533. The van der Waals surface area contributed by atoms with Gasteiger partial charge in [-0.05, 0) is 55.9 Å².